The molecule has 0 aliphatic rings. The quantitative estimate of drug-likeness (QED) is 0.701. The van der Waals surface area contributed by atoms with Gasteiger partial charge in [0.05, 0.1) is 23.3 Å². The molecule has 1 N–H and O–H groups in total. The van der Waals surface area contributed by atoms with Crippen molar-refractivity contribution < 1.29 is 27.5 Å². The Morgan fingerprint density at radius 1 is 1.22 bits per heavy atom. The van der Waals surface area contributed by atoms with Crippen LogP contribution in [0.4, 0.5) is 5.69 Å². The third kappa shape index (κ3) is 5.02. The zero-order valence-electron chi connectivity index (χ0n) is 15.0. The van der Waals surface area contributed by atoms with Crippen LogP contribution in [0, 0.1) is 0 Å². The van der Waals surface area contributed by atoms with Gasteiger partial charge in [-0.1, -0.05) is 0 Å². The van der Waals surface area contributed by atoms with Gasteiger partial charge in [-0.2, -0.15) is 0 Å². The van der Waals surface area contributed by atoms with Crippen LogP contribution in [0.3, 0.4) is 0 Å². The number of pyridine rings is 1. The highest BCUT2D eigenvalue weighted by Crippen LogP contribution is 2.28. The van der Waals surface area contributed by atoms with Gasteiger partial charge in [-0.25, -0.2) is 17.5 Å². The number of amides is 1. The summed E-state index contributed by atoms with van der Waals surface area (Å²) < 4.78 is 35.6. The highest BCUT2D eigenvalue weighted by molar-refractivity contribution is 7.89. The summed E-state index contributed by atoms with van der Waals surface area (Å²) >= 11 is 0. The van der Waals surface area contributed by atoms with Crippen LogP contribution in [0.25, 0.3) is 0 Å². The maximum Gasteiger partial charge on any atom is 0.340 e. The lowest BCUT2D eigenvalue weighted by Gasteiger charge is -2.15. The van der Waals surface area contributed by atoms with Crippen molar-refractivity contribution in [3.05, 3.63) is 48.3 Å². The fourth-order valence-electron chi connectivity index (χ4n) is 2.04. The molecule has 0 atom stereocenters. The van der Waals surface area contributed by atoms with Crippen molar-refractivity contribution in [1.29, 1.82) is 0 Å². The van der Waals surface area contributed by atoms with Crippen LogP contribution >= 0.6 is 0 Å². The van der Waals surface area contributed by atoms with E-state index < -0.39 is 28.5 Å². The van der Waals surface area contributed by atoms with Gasteiger partial charge in [-0.3, -0.25) is 9.78 Å². The predicted octanol–water partition coefficient (Wildman–Crippen LogP) is 1.14. The highest BCUT2D eigenvalue weighted by atomic mass is 32.2. The van der Waals surface area contributed by atoms with E-state index >= 15 is 0 Å². The molecule has 0 bridgehead atoms. The van der Waals surface area contributed by atoms with Crippen LogP contribution < -0.4 is 10.1 Å². The van der Waals surface area contributed by atoms with Crippen molar-refractivity contribution in [2.75, 3.05) is 33.1 Å². The monoisotopic (exact) mass is 393 g/mol. The molecule has 1 amide bonds. The number of hydrogen-bond acceptors (Lipinski definition) is 7. The Bertz CT molecular complexity index is 929. The lowest BCUT2D eigenvalue weighted by molar-refractivity contribution is -0.119. The molecule has 0 spiro atoms. The SMILES string of the molecule is COc1ccc(S(=O)(=O)N(C)C)cc1NC(=O)COC(=O)c1cccnc1. The van der Waals surface area contributed by atoms with Crippen LogP contribution in [0.2, 0.25) is 0 Å². The molecule has 0 unspecified atom stereocenters. The van der Waals surface area contributed by atoms with E-state index in [0.29, 0.717) is 0 Å². The standard InChI is InChI=1S/C17H19N3O6S/c1-20(2)27(23,24)13-6-7-15(25-3)14(9-13)19-16(21)11-26-17(22)12-5-4-8-18-10-12/h4-10H,11H2,1-3H3,(H,19,21). The van der Waals surface area contributed by atoms with Crippen molar-refractivity contribution in [3.63, 3.8) is 0 Å². The summed E-state index contributed by atoms with van der Waals surface area (Å²) in [5.41, 5.74) is 0.352. The minimum atomic E-state index is -3.69. The Hall–Kier alpha value is -2.98. The minimum absolute atomic E-state index is 0.0176. The molecule has 0 saturated heterocycles. The van der Waals surface area contributed by atoms with Gasteiger partial charge >= 0.3 is 5.97 Å². The molecular weight excluding hydrogens is 374 g/mol. The van der Waals surface area contributed by atoms with Gasteiger partial charge in [0.1, 0.15) is 5.75 Å². The zero-order chi connectivity index (χ0) is 20.0. The first-order valence-electron chi connectivity index (χ1n) is 7.73. The van der Waals surface area contributed by atoms with Gasteiger partial charge in [0.25, 0.3) is 5.91 Å². The molecule has 0 radical (unpaired) electrons. The number of anilines is 1. The van der Waals surface area contributed by atoms with Crippen molar-refractivity contribution in [2.24, 2.45) is 0 Å². The van der Waals surface area contributed by atoms with Crippen LogP contribution in [0.1, 0.15) is 10.4 Å². The first-order chi connectivity index (χ1) is 12.8. The number of carbonyl (C=O) groups is 2. The average molecular weight is 393 g/mol. The summed E-state index contributed by atoms with van der Waals surface area (Å²) in [7, 11) is 0.492. The molecule has 1 aromatic carbocycles. The van der Waals surface area contributed by atoms with Crippen molar-refractivity contribution >= 4 is 27.6 Å². The molecule has 1 heterocycles. The highest BCUT2D eigenvalue weighted by Gasteiger charge is 2.20. The summed E-state index contributed by atoms with van der Waals surface area (Å²) in [4.78, 5) is 27.7. The van der Waals surface area contributed by atoms with E-state index in [4.69, 9.17) is 9.47 Å². The number of sulfonamides is 1. The maximum absolute atomic E-state index is 12.2. The number of methoxy groups -OCH3 is 1. The predicted molar refractivity (Wildman–Crippen MR) is 97.0 cm³/mol. The number of ether oxygens (including phenoxy) is 2. The number of carbonyl (C=O) groups excluding carboxylic acids is 2. The topological polar surface area (TPSA) is 115 Å². The third-order valence-corrected chi connectivity index (χ3v) is 5.27. The Morgan fingerprint density at radius 3 is 2.56 bits per heavy atom. The molecule has 1 aromatic heterocycles. The molecule has 0 saturated carbocycles. The Labute approximate surface area is 157 Å². The summed E-state index contributed by atoms with van der Waals surface area (Å²) in [6.45, 7) is -0.554. The van der Waals surface area contributed by atoms with Gasteiger partial charge in [0, 0.05) is 26.5 Å². The molecule has 0 aliphatic carbocycles. The van der Waals surface area contributed by atoms with E-state index in [1.807, 2.05) is 0 Å². The van der Waals surface area contributed by atoms with E-state index in [0.717, 1.165) is 4.31 Å². The largest absolute Gasteiger partial charge is 0.495 e. The van der Waals surface area contributed by atoms with Crippen molar-refractivity contribution in [2.45, 2.75) is 4.90 Å². The first kappa shape index (κ1) is 20.3. The number of nitrogens with one attached hydrogen (secondary N) is 1. The van der Waals surface area contributed by atoms with Gasteiger partial charge in [0.2, 0.25) is 10.0 Å². The van der Waals surface area contributed by atoms with Crippen LogP contribution in [-0.4, -0.2) is 57.4 Å². The smallest absolute Gasteiger partial charge is 0.340 e. The van der Waals surface area contributed by atoms with E-state index in [9.17, 15) is 18.0 Å². The van der Waals surface area contributed by atoms with Gasteiger partial charge < -0.3 is 14.8 Å². The number of nitrogens with zero attached hydrogens (tertiary/aromatic N) is 2. The Balaban J connectivity index is 2.11. The molecule has 144 valence electrons. The molecular formula is C17H19N3O6S. The van der Waals surface area contributed by atoms with E-state index in [2.05, 4.69) is 10.3 Å². The molecule has 2 rings (SSSR count). The molecule has 10 heteroatoms. The number of benzene rings is 1. The summed E-state index contributed by atoms with van der Waals surface area (Å²) in [5.74, 6) is -1.08. The summed E-state index contributed by atoms with van der Waals surface area (Å²) in [6, 6.07) is 7.14. The normalized spacial score (nSPS) is 11.1. The number of esters is 1. The molecule has 27 heavy (non-hydrogen) atoms. The van der Waals surface area contributed by atoms with Crippen LogP contribution in [0.5, 0.6) is 5.75 Å². The van der Waals surface area contributed by atoms with Crippen LogP contribution in [-0.2, 0) is 19.6 Å². The number of rotatable bonds is 7. The molecule has 0 fully saturated rings. The average Bonchev–Trinajstić information content (AvgIpc) is 2.66. The Morgan fingerprint density at radius 2 is 1.96 bits per heavy atom. The lowest BCUT2D eigenvalue weighted by Crippen LogP contribution is -2.23. The zero-order valence-corrected chi connectivity index (χ0v) is 15.8. The van der Waals surface area contributed by atoms with Gasteiger partial charge in [-0.05, 0) is 30.3 Å². The fourth-order valence-corrected chi connectivity index (χ4v) is 2.97. The lowest BCUT2D eigenvalue weighted by atomic mass is 10.3. The second-order valence-corrected chi connectivity index (χ2v) is 7.67. The van der Waals surface area contributed by atoms with E-state index in [1.54, 1.807) is 6.07 Å². The maximum atomic E-state index is 12.2. The molecule has 0 aliphatic heterocycles. The van der Waals surface area contributed by atoms with Crippen molar-refractivity contribution in [3.8, 4) is 5.75 Å². The summed E-state index contributed by atoms with van der Waals surface area (Å²) in [5, 5.41) is 2.48. The first-order valence-corrected chi connectivity index (χ1v) is 9.17. The van der Waals surface area contributed by atoms with Crippen molar-refractivity contribution in [1.82, 2.24) is 9.29 Å². The second-order valence-electron chi connectivity index (χ2n) is 5.52. The van der Waals surface area contributed by atoms with E-state index in [-0.39, 0.29) is 21.9 Å². The van der Waals surface area contributed by atoms with Crippen LogP contribution in [0.15, 0.2) is 47.6 Å². The minimum Gasteiger partial charge on any atom is -0.495 e. The summed E-state index contributed by atoms with van der Waals surface area (Å²) in [6.07, 6.45) is 2.82. The molecule has 2 aromatic rings. The van der Waals surface area contributed by atoms with Gasteiger partial charge in [0.15, 0.2) is 6.61 Å². The number of hydrogen-bond donors (Lipinski definition) is 1. The third-order valence-electron chi connectivity index (χ3n) is 3.46. The fraction of sp³-hybridized carbons (Fsp3) is 0.235. The number of aromatic nitrogens is 1. The van der Waals surface area contributed by atoms with Gasteiger partial charge in [-0.15, -0.1) is 0 Å². The van der Waals surface area contributed by atoms with E-state index in [1.165, 1.54) is 57.9 Å². The Kier molecular flexibility index (Phi) is 6.48. The molecule has 9 nitrogen and oxygen atoms in total. The second kappa shape index (κ2) is 8.60.